The summed E-state index contributed by atoms with van der Waals surface area (Å²) in [6, 6.07) is 4.90. The number of ether oxygens (including phenoxy) is 2. The molecule has 0 amide bonds. The van der Waals surface area contributed by atoms with Gasteiger partial charge in [-0.25, -0.2) is 0 Å². The summed E-state index contributed by atoms with van der Waals surface area (Å²) in [5.41, 5.74) is 1.24. The molecule has 1 aliphatic carbocycles. The zero-order valence-corrected chi connectivity index (χ0v) is 16.2. The van der Waals surface area contributed by atoms with Gasteiger partial charge in [-0.1, -0.05) is 25.7 Å². The first-order valence-corrected chi connectivity index (χ1v) is 9.74. The molecule has 1 saturated carbocycles. The summed E-state index contributed by atoms with van der Waals surface area (Å²) in [4.78, 5) is 0. The molecule has 0 saturated heterocycles. The van der Waals surface area contributed by atoms with Crippen LogP contribution in [0.25, 0.3) is 0 Å². The zero-order chi connectivity index (χ0) is 16.7. The normalized spacial score (nSPS) is 16.4. The minimum absolute atomic E-state index is 0.125. The van der Waals surface area contributed by atoms with Gasteiger partial charge in [-0.3, -0.25) is 0 Å². The third kappa shape index (κ3) is 6.00. The summed E-state index contributed by atoms with van der Waals surface area (Å²) in [6.07, 6.45) is 8.21. The standard InChI is InChI=1S/C19H30BrNO2/c1-4-22-18-12-15(11-17(20)19(18)23-14(2)3)13-21-16-9-7-5-6-8-10-16/h11-12,14,16,21H,4-10,13H2,1-3H3. The minimum Gasteiger partial charge on any atom is -0.490 e. The van der Waals surface area contributed by atoms with Gasteiger partial charge in [0.1, 0.15) is 0 Å². The zero-order valence-electron chi connectivity index (χ0n) is 14.7. The van der Waals surface area contributed by atoms with Crippen LogP contribution in [-0.2, 0) is 6.54 Å². The molecule has 0 atom stereocenters. The van der Waals surface area contributed by atoms with E-state index < -0.39 is 0 Å². The lowest BCUT2D eigenvalue weighted by Crippen LogP contribution is -2.27. The van der Waals surface area contributed by atoms with Crippen LogP contribution in [0.1, 0.15) is 64.9 Å². The minimum atomic E-state index is 0.125. The van der Waals surface area contributed by atoms with Crippen LogP contribution in [0, 0.1) is 0 Å². The quantitative estimate of drug-likeness (QED) is 0.635. The molecule has 4 heteroatoms. The van der Waals surface area contributed by atoms with E-state index in [1.165, 1.54) is 44.1 Å². The third-order valence-electron chi connectivity index (χ3n) is 4.17. The largest absolute Gasteiger partial charge is 0.490 e. The molecule has 0 aromatic heterocycles. The molecule has 0 aliphatic heterocycles. The highest BCUT2D eigenvalue weighted by molar-refractivity contribution is 9.10. The highest BCUT2D eigenvalue weighted by Gasteiger charge is 2.15. The Bertz CT molecular complexity index is 483. The molecule has 0 spiro atoms. The van der Waals surface area contributed by atoms with Crippen LogP contribution in [0.2, 0.25) is 0 Å². The fourth-order valence-corrected chi connectivity index (χ4v) is 3.67. The first-order valence-electron chi connectivity index (χ1n) is 8.95. The molecule has 1 fully saturated rings. The number of rotatable bonds is 7. The van der Waals surface area contributed by atoms with Crippen LogP contribution >= 0.6 is 15.9 Å². The second-order valence-electron chi connectivity index (χ2n) is 6.57. The van der Waals surface area contributed by atoms with Gasteiger partial charge in [-0.05, 0) is 67.2 Å². The van der Waals surface area contributed by atoms with E-state index in [2.05, 4.69) is 33.4 Å². The molecule has 130 valence electrons. The average Bonchev–Trinajstić information content (AvgIpc) is 2.77. The second-order valence-corrected chi connectivity index (χ2v) is 7.43. The third-order valence-corrected chi connectivity index (χ3v) is 4.76. The van der Waals surface area contributed by atoms with E-state index in [1.54, 1.807) is 0 Å². The maximum atomic E-state index is 5.90. The molecular weight excluding hydrogens is 354 g/mol. The van der Waals surface area contributed by atoms with Crippen molar-refractivity contribution < 1.29 is 9.47 Å². The van der Waals surface area contributed by atoms with Gasteiger partial charge in [0.05, 0.1) is 17.2 Å². The van der Waals surface area contributed by atoms with Crippen LogP contribution in [0.15, 0.2) is 16.6 Å². The van der Waals surface area contributed by atoms with Crippen LogP contribution in [0.5, 0.6) is 11.5 Å². The van der Waals surface area contributed by atoms with Crippen LogP contribution in [0.4, 0.5) is 0 Å². The topological polar surface area (TPSA) is 30.5 Å². The molecule has 23 heavy (non-hydrogen) atoms. The van der Waals surface area contributed by atoms with Gasteiger partial charge < -0.3 is 14.8 Å². The average molecular weight is 384 g/mol. The fourth-order valence-electron chi connectivity index (χ4n) is 3.08. The number of benzene rings is 1. The van der Waals surface area contributed by atoms with E-state index in [-0.39, 0.29) is 6.10 Å². The van der Waals surface area contributed by atoms with Crippen molar-refractivity contribution in [2.45, 2.75) is 78.0 Å². The summed E-state index contributed by atoms with van der Waals surface area (Å²) in [6.45, 7) is 7.59. The Labute approximate surface area is 149 Å². The summed E-state index contributed by atoms with van der Waals surface area (Å²) in [5, 5.41) is 3.72. The lowest BCUT2D eigenvalue weighted by Gasteiger charge is -2.19. The summed E-state index contributed by atoms with van der Waals surface area (Å²) >= 11 is 3.64. The van der Waals surface area contributed by atoms with Gasteiger partial charge in [-0.15, -0.1) is 0 Å². The van der Waals surface area contributed by atoms with Crippen molar-refractivity contribution in [1.29, 1.82) is 0 Å². The molecule has 2 rings (SSSR count). The fraction of sp³-hybridized carbons (Fsp3) is 0.684. The summed E-state index contributed by atoms with van der Waals surface area (Å²) < 4.78 is 12.7. The lowest BCUT2D eigenvalue weighted by molar-refractivity contribution is 0.222. The van der Waals surface area contributed by atoms with Gasteiger partial charge in [0.2, 0.25) is 0 Å². The van der Waals surface area contributed by atoms with Gasteiger partial charge >= 0.3 is 0 Å². The van der Waals surface area contributed by atoms with Gasteiger partial charge in [0, 0.05) is 12.6 Å². The first kappa shape index (κ1) is 18.6. The van der Waals surface area contributed by atoms with Gasteiger partial charge in [0.25, 0.3) is 0 Å². The van der Waals surface area contributed by atoms with Crippen LogP contribution in [0.3, 0.4) is 0 Å². The number of hydrogen-bond acceptors (Lipinski definition) is 3. The monoisotopic (exact) mass is 383 g/mol. The molecule has 0 radical (unpaired) electrons. The predicted octanol–water partition coefficient (Wildman–Crippen LogP) is 5.45. The van der Waals surface area contributed by atoms with Crippen molar-refractivity contribution in [1.82, 2.24) is 5.32 Å². The predicted molar refractivity (Wildman–Crippen MR) is 99.4 cm³/mol. The van der Waals surface area contributed by atoms with Crippen LogP contribution < -0.4 is 14.8 Å². The molecule has 3 nitrogen and oxygen atoms in total. The Morgan fingerprint density at radius 3 is 2.48 bits per heavy atom. The highest BCUT2D eigenvalue weighted by atomic mass is 79.9. The van der Waals surface area contributed by atoms with E-state index in [0.29, 0.717) is 12.6 Å². The smallest absolute Gasteiger partial charge is 0.175 e. The van der Waals surface area contributed by atoms with E-state index >= 15 is 0 Å². The second kappa shape index (κ2) is 9.53. The molecular formula is C19H30BrNO2. The van der Waals surface area contributed by atoms with Crippen molar-refractivity contribution in [3.63, 3.8) is 0 Å². The highest BCUT2D eigenvalue weighted by Crippen LogP contribution is 2.37. The SMILES string of the molecule is CCOc1cc(CNC2CCCCCC2)cc(Br)c1OC(C)C. The maximum Gasteiger partial charge on any atom is 0.175 e. The van der Waals surface area contributed by atoms with E-state index in [4.69, 9.17) is 9.47 Å². The Hall–Kier alpha value is -0.740. The molecule has 0 unspecified atom stereocenters. The van der Waals surface area contributed by atoms with Gasteiger partial charge in [0.15, 0.2) is 11.5 Å². The van der Waals surface area contributed by atoms with Crippen molar-refractivity contribution in [2.75, 3.05) is 6.61 Å². The van der Waals surface area contributed by atoms with Crippen molar-refractivity contribution in [3.8, 4) is 11.5 Å². The van der Waals surface area contributed by atoms with E-state index in [0.717, 1.165) is 22.5 Å². The molecule has 0 heterocycles. The van der Waals surface area contributed by atoms with Crippen LogP contribution in [-0.4, -0.2) is 18.8 Å². The Kier molecular flexibility index (Phi) is 7.71. The number of halogens is 1. The molecule has 1 aliphatic rings. The summed E-state index contributed by atoms with van der Waals surface area (Å²) in [5.74, 6) is 1.63. The summed E-state index contributed by atoms with van der Waals surface area (Å²) in [7, 11) is 0. The Morgan fingerprint density at radius 2 is 1.87 bits per heavy atom. The Morgan fingerprint density at radius 1 is 1.17 bits per heavy atom. The lowest BCUT2D eigenvalue weighted by atomic mass is 10.1. The van der Waals surface area contributed by atoms with E-state index in [1.807, 2.05) is 20.8 Å². The van der Waals surface area contributed by atoms with Crippen molar-refractivity contribution in [2.24, 2.45) is 0 Å². The molecule has 1 aromatic carbocycles. The van der Waals surface area contributed by atoms with Crippen molar-refractivity contribution >= 4 is 15.9 Å². The van der Waals surface area contributed by atoms with Gasteiger partial charge in [-0.2, -0.15) is 0 Å². The van der Waals surface area contributed by atoms with Crippen molar-refractivity contribution in [3.05, 3.63) is 22.2 Å². The molecule has 0 bridgehead atoms. The number of hydrogen-bond donors (Lipinski definition) is 1. The number of nitrogens with one attached hydrogen (secondary N) is 1. The molecule has 1 aromatic rings. The van der Waals surface area contributed by atoms with E-state index in [9.17, 15) is 0 Å². The Balaban J connectivity index is 2.06. The maximum absolute atomic E-state index is 5.90. The first-order chi connectivity index (χ1) is 11.1. The molecule has 1 N–H and O–H groups in total.